The zero-order valence-electron chi connectivity index (χ0n) is 10.7. The molecule has 0 radical (unpaired) electrons. The van der Waals surface area contributed by atoms with Crippen LogP contribution in [-0.4, -0.2) is 17.0 Å². The summed E-state index contributed by atoms with van der Waals surface area (Å²) in [5, 5.41) is 14.1. The lowest BCUT2D eigenvalue weighted by molar-refractivity contribution is -0.383. The van der Waals surface area contributed by atoms with E-state index in [-0.39, 0.29) is 5.69 Å². The third kappa shape index (κ3) is 3.35. The van der Waals surface area contributed by atoms with E-state index in [1.54, 1.807) is 30.5 Å². The van der Waals surface area contributed by atoms with Gasteiger partial charge >= 0.3 is 0 Å². The number of nitro groups is 1. The van der Waals surface area contributed by atoms with Crippen molar-refractivity contribution in [1.82, 2.24) is 4.98 Å². The number of hydrogen-bond donors (Lipinski definition) is 1. The third-order valence-corrected chi connectivity index (χ3v) is 3.52. The van der Waals surface area contributed by atoms with Crippen LogP contribution in [0.15, 0.2) is 36.5 Å². The first-order valence-corrected chi connectivity index (χ1v) is 7.27. The molecule has 0 amide bonds. The molecular formula is C13H12IN3O3. The standard InChI is InChI=1S/C13H12IN3O3/c1-20-13-5-3-10(8-15-13)16-11-6-9(7-14)2-4-12(11)17(18)19/h2-6,8,16H,7H2,1H3. The minimum atomic E-state index is -0.406. The molecule has 1 aromatic carbocycles. The minimum Gasteiger partial charge on any atom is -0.481 e. The van der Waals surface area contributed by atoms with E-state index >= 15 is 0 Å². The average molecular weight is 385 g/mol. The lowest BCUT2D eigenvalue weighted by atomic mass is 10.2. The Morgan fingerprint density at radius 1 is 1.40 bits per heavy atom. The van der Waals surface area contributed by atoms with Gasteiger partial charge in [0.25, 0.3) is 5.69 Å². The van der Waals surface area contributed by atoms with Crippen LogP contribution in [-0.2, 0) is 4.43 Å². The van der Waals surface area contributed by atoms with Crippen molar-refractivity contribution in [2.75, 3.05) is 12.4 Å². The molecule has 0 bridgehead atoms. The molecule has 0 atom stereocenters. The van der Waals surface area contributed by atoms with Gasteiger partial charge in [0, 0.05) is 16.6 Å². The molecule has 0 aliphatic carbocycles. The number of ether oxygens (including phenoxy) is 1. The third-order valence-electron chi connectivity index (χ3n) is 2.64. The van der Waals surface area contributed by atoms with Crippen molar-refractivity contribution >= 4 is 39.7 Å². The number of hydrogen-bond acceptors (Lipinski definition) is 5. The SMILES string of the molecule is COc1ccc(Nc2cc(CI)ccc2[N+](=O)[O-])cn1. The molecule has 0 unspecified atom stereocenters. The highest BCUT2D eigenvalue weighted by Gasteiger charge is 2.14. The van der Waals surface area contributed by atoms with Crippen molar-refractivity contribution in [2.24, 2.45) is 0 Å². The quantitative estimate of drug-likeness (QED) is 0.368. The molecule has 6 nitrogen and oxygen atoms in total. The average Bonchev–Trinajstić information content (AvgIpc) is 2.47. The van der Waals surface area contributed by atoms with Crippen LogP contribution in [0.1, 0.15) is 5.56 Å². The van der Waals surface area contributed by atoms with Gasteiger partial charge in [-0.05, 0) is 17.7 Å². The number of pyridine rings is 1. The first-order valence-electron chi connectivity index (χ1n) is 5.74. The van der Waals surface area contributed by atoms with Crippen molar-refractivity contribution in [3.8, 4) is 5.88 Å². The predicted octanol–water partition coefficient (Wildman–Crippen LogP) is 3.68. The summed E-state index contributed by atoms with van der Waals surface area (Å²) in [4.78, 5) is 14.7. The van der Waals surface area contributed by atoms with Crippen molar-refractivity contribution in [3.63, 3.8) is 0 Å². The minimum absolute atomic E-state index is 0.0365. The summed E-state index contributed by atoms with van der Waals surface area (Å²) in [5.41, 5.74) is 2.17. The number of anilines is 2. The van der Waals surface area contributed by atoms with E-state index in [2.05, 4.69) is 32.9 Å². The molecule has 1 aromatic heterocycles. The molecule has 0 saturated carbocycles. The fourth-order valence-corrected chi connectivity index (χ4v) is 2.13. The highest BCUT2D eigenvalue weighted by molar-refractivity contribution is 14.1. The second kappa shape index (κ2) is 6.51. The number of halogens is 1. The van der Waals surface area contributed by atoms with Crippen molar-refractivity contribution in [1.29, 1.82) is 0 Å². The van der Waals surface area contributed by atoms with Crippen LogP contribution in [0.5, 0.6) is 5.88 Å². The molecule has 2 aromatic rings. The topological polar surface area (TPSA) is 77.3 Å². The number of nitro benzene ring substituents is 1. The summed E-state index contributed by atoms with van der Waals surface area (Å²) in [6, 6.07) is 8.48. The Labute approximate surface area is 129 Å². The van der Waals surface area contributed by atoms with Crippen molar-refractivity contribution < 1.29 is 9.66 Å². The van der Waals surface area contributed by atoms with E-state index < -0.39 is 4.92 Å². The number of aromatic nitrogens is 1. The van der Waals surface area contributed by atoms with Gasteiger partial charge < -0.3 is 10.1 Å². The summed E-state index contributed by atoms with van der Waals surface area (Å²) < 4.78 is 5.75. The number of rotatable bonds is 5. The largest absolute Gasteiger partial charge is 0.481 e. The van der Waals surface area contributed by atoms with Gasteiger partial charge in [0.2, 0.25) is 5.88 Å². The van der Waals surface area contributed by atoms with Gasteiger partial charge in [-0.3, -0.25) is 10.1 Å². The second-order valence-electron chi connectivity index (χ2n) is 3.96. The Morgan fingerprint density at radius 3 is 2.75 bits per heavy atom. The van der Waals surface area contributed by atoms with E-state index in [4.69, 9.17) is 4.74 Å². The molecule has 2 rings (SSSR count). The highest BCUT2D eigenvalue weighted by Crippen LogP contribution is 2.29. The fraction of sp³-hybridized carbons (Fsp3) is 0.154. The van der Waals surface area contributed by atoms with Gasteiger partial charge in [-0.1, -0.05) is 28.7 Å². The van der Waals surface area contributed by atoms with Crippen LogP contribution >= 0.6 is 22.6 Å². The van der Waals surface area contributed by atoms with Gasteiger partial charge in [-0.25, -0.2) is 4.98 Å². The lowest BCUT2D eigenvalue weighted by Crippen LogP contribution is -1.98. The van der Waals surface area contributed by atoms with Crippen LogP contribution in [0.3, 0.4) is 0 Å². The maximum absolute atomic E-state index is 11.0. The molecule has 0 aliphatic rings. The number of methoxy groups -OCH3 is 1. The maximum Gasteiger partial charge on any atom is 0.292 e. The monoisotopic (exact) mass is 385 g/mol. The Bertz CT molecular complexity index is 617. The van der Waals surface area contributed by atoms with E-state index in [0.29, 0.717) is 17.3 Å². The maximum atomic E-state index is 11.0. The smallest absolute Gasteiger partial charge is 0.292 e. The Balaban J connectivity index is 2.32. The first kappa shape index (κ1) is 14.5. The summed E-state index contributed by atoms with van der Waals surface area (Å²) in [6.45, 7) is 0. The molecule has 0 fully saturated rings. The fourth-order valence-electron chi connectivity index (χ4n) is 1.66. The molecule has 20 heavy (non-hydrogen) atoms. The molecule has 0 spiro atoms. The van der Waals surface area contributed by atoms with E-state index in [9.17, 15) is 10.1 Å². The second-order valence-corrected chi connectivity index (χ2v) is 4.72. The summed E-state index contributed by atoms with van der Waals surface area (Å²) in [5.74, 6) is 0.492. The van der Waals surface area contributed by atoms with E-state index in [1.807, 2.05) is 0 Å². The predicted molar refractivity (Wildman–Crippen MR) is 84.9 cm³/mol. The number of alkyl halides is 1. The Kier molecular flexibility index (Phi) is 4.72. The molecule has 1 N–H and O–H groups in total. The van der Waals surface area contributed by atoms with Gasteiger partial charge in [-0.15, -0.1) is 0 Å². The van der Waals surface area contributed by atoms with Gasteiger partial charge in [0.1, 0.15) is 5.69 Å². The summed E-state index contributed by atoms with van der Waals surface area (Å²) in [7, 11) is 1.53. The summed E-state index contributed by atoms with van der Waals surface area (Å²) in [6.07, 6.45) is 1.57. The van der Waals surface area contributed by atoms with Crippen molar-refractivity contribution in [3.05, 3.63) is 52.2 Å². The van der Waals surface area contributed by atoms with Crippen LogP contribution in [0.2, 0.25) is 0 Å². The molecular weight excluding hydrogens is 373 g/mol. The van der Waals surface area contributed by atoms with Crippen LogP contribution in [0.25, 0.3) is 0 Å². The number of nitrogens with one attached hydrogen (secondary N) is 1. The lowest BCUT2D eigenvalue weighted by Gasteiger charge is -2.08. The zero-order chi connectivity index (χ0) is 14.5. The van der Waals surface area contributed by atoms with E-state index in [1.165, 1.54) is 13.2 Å². The van der Waals surface area contributed by atoms with E-state index in [0.717, 1.165) is 9.99 Å². The number of nitrogens with zero attached hydrogens (tertiary/aromatic N) is 2. The van der Waals surface area contributed by atoms with Crippen molar-refractivity contribution in [2.45, 2.75) is 4.43 Å². The Morgan fingerprint density at radius 2 is 2.20 bits per heavy atom. The molecule has 7 heteroatoms. The van der Waals surface area contributed by atoms with Crippen LogP contribution in [0, 0.1) is 10.1 Å². The van der Waals surface area contributed by atoms with Gasteiger partial charge in [0.15, 0.2) is 0 Å². The summed E-state index contributed by atoms with van der Waals surface area (Å²) >= 11 is 2.21. The highest BCUT2D eigenvalue weighted by atomic mass is 127. The first-order chi connectivity index (χ1) is 9.63. The number of benzene rings is 1. The zero-order valence-corrected chi connectivity index (χ0v) is 12.8. The Hall–Kier alpha value is -1.90. The van der Waals surface area contributed by atoms with Crippen LogP contribution in [0.4, 0.5) is 17.1 Å². The normalized spacial score (nSPS) is 10.1. The van der Waals surface area contributed by atoms with Gasteiger partial charge in [-0.2, -0.15) is 0 Å². The molecule has 104 valence electrons. The molecule has 0 aliphatic heterocycles. The van der Waals surface area contributed by atoms with Crippen LogP contribution < -0.4 is 10.1 Å². The molecule has 1 heterocycles. The molecule has 0 saturated heterocycles. The van der Waals surface area contributed by atoms with Gasteiger partial charge in [0.05, 0.1) is 23.9 Å².